The first-order valence-corrected chi connectivity index (χ1v) is 9.11. The molecule has 0 fully saturated rings. The molecular formula is C19H32N2O4. The average molecular weight is 352 g/mol. The first-order valence-electron chi connectivity index (χ1n) is 9.11. The maximum atomic E-state index is 12.7. The Morgan fingerprint density at radius 1 is 1.20 bits per heavy atom. The van der Waals surface area contributed by atoms with E-state index in [-0.39, 0.29) is 11.8 Å². The summed E-state index contributed by atoms with van der Waals surface area (Å²) in [6.45, 7) is 7.70. The third-order valence-electron chi connectivity index (χ3n) is 4.09. The summed E-state index contributed by atoms with van der Waals surface area (Å²) in [5, 5.41) is 2.92. The fraction of sp³-hybridized carbons (Fsp3) is 0.684. The Bertz CT molecular complexity index is 540. The van der Waals surface area contributed by atoms with Crippen LogP contribution in [0.5, 0.6) is 0 Å². The Balaban J connectivity index is 2.51. The molecule has 1 rings (SSSR count). The fourth-order valence-electron chi connectivity index (χ4n) is 2.63. The number of methoxy groups -OCH3 is 1. The molecule has 1 aromatic rings. The van der Waals surface area contributed by atoms with Gasteiger partial charge in [-0.15, -0.1) is 0 Å². The largest absolute Gasteiger partial charge is 0.466 e. The van der Waals surface area contributed by atoms with Crippen LogP contribution in [-0.4, -0.2) is 50.1 Å². The summed E-state index contributed by atoms with van der Waals surface area (Å²) in [5.41, 5.74) is 0.550. The predicted octanol–water partition coefficient (Wildman–Crippen LogP) is 3.07. The topological polar surface area (TPSA) is 71.8 Å². The minimum atomic E-state index is -0.123. The second kappa shape index (κ2) is 11.7. The molecule has 0 saturated carbocycles. The third kappa shape index (κ3) is 7.73. The summed E-state index contributed by atoms with van der Waals surface area (Å²) >= 11 is 0. The Morgan fingerprint density at radius 3 is 2.56 bits per heavy atom. The van der Waals surface area contributed by atoms with Crippen molar-refractivity contribution in [2.75, 3.05) is 33.4 Å². The normalized spacial score (nSPS) is 10.7. The lowest BCUT2D eigenvalue weighted by atomic mass is 10.2. The third-order valence-corrected chi connectivity index (χ3v) is 4.09. The molecule has 142 valence electrons. The van der Waals surface area contributed by atoms with Gasteiger partial charge >= 0.3 is 0 Å². The molecule has 0 radical (unpaired) electrons. The maximum Gasteiger partial charge on any atom is 0.257 e. The number of aryl methyl sites for hydroxylation is 2. The highest BCUT2D eigenvalue weighted by atomic mass is 16.5. The van der Waals surface area contributed by atoms with E-state index in [0.717, 1.165) is 12.8 Å². The minimum absolute atomic E-state index is 0.0215. The van der Waals surface area contributed by atoms with Gasteiger partial charge < -0.3 is 19.4 Å². The van der Waals surface area contributed by atoms with Gasteiger partial charge in [0.1, 0.15) is 11.5 Å². The van der Waals surface area contributed by atoms with Crippen LogP contribution in [0.2, 0.25) is 0 Å². The second-order valence-electron chi connectivity index (χ2n) is 6.27. The maximum absolute atomic E-state index is 12.7. The van der Waals surface area contributed by atoms with Gasteiger partial charge in [0.2, 0.25) is 5.91 Å². The number of rotatable bonds is 12. The van der Waals surface area contributed by atoms with Crippen molar-refractivity contribution in [1.82, 2.24) is 10.2 Å². The summed E-state index contributed by atoms with van der Waals surface area (Å²) in [7, 11) is 1.60. The van der Waals surface area contributed by atoms with Crippen LogP contribution in [0.4, 0.5) is 0 Å². The first kappa shape index (κ1) is 21.2. The molecule has 0 saturated heterocycles. The number of amides is 2. The molecule has 0 bridgehead atoms. The highest BCUT2D eigenvalue weighted by Gasteiger charge is 2.21. The molecular weight excluding hydrogens is 320 g/mol. The van der Waals surface area contributed by atoms with Crippen molar-refractivity contribution < 1.29 is 18.7 Å². The smallest absolute Gasteiger partial charge is 0.257 e. The lowest BCUT2D eigenvalue weighted by molar-refractivity contribution is -0.121. The highest BCUT2D eigenvalue weighted by molar-refractivity contribution is 5.95. The van der Waals surface area contributed by atoms with E-state index in [9.17, 15) is 9.59 Å². The summed E-state index contributed by atoms with van der Waals surface area (Å²) in [5.74, 6) is 1.16. The number of unbranched alkanes of at least 4 members (excludes halogenated alkanes) is 3. The molecule has 1 heterocycles. The summed E-state index contributed by atoms with van der Waals surface area (Å²) in [6, 6.07) is 1.74. The molecule has 6 nitrogen and oxygen atoms in total. The van der Waals surface area contributed by atoms with Gasteiger partial charge in [-0.25, -0.2) is 0 Å². The van der Waals surface area contributed by atoms with Gasteiger partial charge in [-0.05, 0) is 26.3 Å². The number of hydrogen-bond donors (Lipinski definition) is 1. The molecule has 0 atom stereocenters. The van der Waals surface area contributed by atoms with Crippen molar-refractivity contribution in [3.63, 3.8) is 0 Å². The number of ether oxygens (including phenoxy) is 1. The van der Waals surface area contributed by atoms with E-state index in [4.69, 9.17) is 9.15 Å². The summed E-state index contributed by atoms with van der Waals surface area (Å²) in [4.78, 5) is 26.3. The van der Waals surface area contributed by atoms with Crippen LogP contribution < -0.4 is 5.32 Å². The predicted molar refractivity (Wildman–Crippen MR) is 97.7 cm³/mol. The fourth-order valence-corrected chi connectivity index (χ4v) is 2.63. The van der Waals surface area contributed by atoms with Crippen LogP contribution in [0, 0.1) is 13.8 Å². The van der Waals surface area contributed by atoms with Crippen molar-refractivity contribution in [2.45, 2.75) is 52.9 Å². The number of carbonyl (C=O) groups is 2. The van der Waals surface area contributed by atoms with Crippen molar-refractivity contribution in [2.24, 2.45) is 0 Å². The quantitative estimate of drug-likeness (QED) is 0.587. The minimum Gasteiger partial charge on any atom is -0.466 e. The summed E-state index contributed by atoms with van der Waals surface area (Å²) < 4.78 is 10.5. The zero-order chi connectivity index (χ0) is 18.7. The van der Waals surface area contributed by atoms with Crippen LogP contribution in [0.3, 0.4) is 0 Å². The van der Waals surface area contributed by atoms with Gasteiger partial charge in [-0.1, -0.05) is 26.2 Å². The molecule has 0 aromatic carbocycles. The zero-order valence-electron chi connectivity index (χ0n) is 16.0. The molecule has 0 aliphatic rings. The van der Waals surface area contributed by atoms with E-state index < -0.39 is 0 Å². The van der Waals surface area contributed by atoms with E-state index >= 15 is 0 Å². The number of hydrogen-bond acceptors (Lipinski definition) is 4. The summed E-state index contributed by atoms with van der Waals surface area (Å²) in [6.07, 6.45) is 4.79. The lowest BCUT2D eigenvalue weighted by Gasteiger charge is -2.22. The number of furan rings is 1. The average Bonchev–Trinajstić information content (AvgIpc) is 2.92. The van der Waals surface area contributed by atoms with E-state index in [1.54, 1.807) is 25.0 Å². The molecule has 6 heteroatoms. The lowest BCUT2D eigenvalue weighted by Crippen LogP contribution is -2.37. The van der Waals surface area contributed by atoms with Gasteiger partial charge in [-0.3, -0.25) is 9.59 Å². The monoisotopic (exact) mass is 352 g/mol. The Hall–Kier alpha value is -1.82. The van der Waals surface area contributed by atoms with Crippen molar-refractivity contribution in [3.8, 4) is 0 Å². The van der Waals surface area contributed by atoms with Gasteiger partial charge in [0.05, 0.1) is 12.2 Å². The van der Waals surface area contributed by atoms with E-state index in [0.29, 0.717) is 49.7 Å². The van der Waals surface area contributed by atoms with E-state index in [2.05, 4.69) is 12.2 Å². The van der Waals surface area contributed by atoms with Gasteiger partial charge in [0, 0.05) is 33.2 Å². The number of carbonyl (C=O) groups excluding carboxylic acids is 2. The van der Waals surface area contributed by atoms with Gasteiger partial charge in [-0.2, -0.15) is 0 Å². The first-order chi connectivity index (χ1) is 12.0. The standard InChI is InChI=1S/C19H32N2O4/c1-5-6-7-8-10-20-18(22)9-11-21(12-13-24-4)19(23)17-14-15(2)25-16(17)3/h14H,5-13H2,1-4H3,(H,20,22). The molecule has 0 unspecified atom stereocenters. The van der Waals surface area contributed by atoms with Crippen LogP contribution >= 0.6 is 0 Å². The molecule has 2 amide bonds. The Kier molecular flexibility index (Phi) is 9.92. The van der Waals surface area contributed by atoms with Gasteiger partial charge in [0.15, 0.2) is 0 Å². The molecule has 1 N–H and O–H groups in total. The van der Waals surface area contributed by atoms with Crippen LogP contribution in [0.15, 0.2) is 10.5 Å². The molecule has 1 aromatic heterocycles. The van der Waals surface area contributed by atoms with Crippen molar-refractivity contribution in [1.29, 1.82) is 0 Å². The zero-order valence-corrected chi connectivity index (χ0v) is 16.0. The van der Waals surface area contributed by atoms with E-state index in [1.165, 1.54) is 12.8 Å². The SMILES string of the molecule is CCCCCCNC(=O)CCN(CCOC)C(=O)c1cc(C)oc1C. The highest BCUT2D eigenvalue weighted by Crippen LogP contribution is 2.16. The number of nitrogens with zero attached hydrogens (tertiary/aromatic N) is 1. The van der Waals surface area contributed by atoms with E-state index in [1.807, 2.05) is 6.92 Å². The van der Waals surface area contributed by atoms with Crippen LogP contribution in [-0.2, 0) is 9.53 Å². The molecule has 0 spiro atoms. The van der Waals surface area contributed by atoms with Gasteiger partial charge in [0.25, 0.3) is 5.91 Å². The number of nitrogens with one attached hydrogen (secondary N) is 1. The molecule has 25 heavy (non-hydrogen) atoms. The second-order valence-corrected chi connectivity index (χ2v) is 6.27. The van der Waals surface area contributed by atoms with Crippen molar-refractivity contribution in [3.05, 3.63) is 23.2 Å². The van der Waals surface area contributed by atoms with Crippen molar-refractivity contribution >= 4 is 11.8 Å². The van der Waals surface area contributed by atoms with Crippen LogP contribution in [0.25, 0.3) is 0 Å². The Morgan fingerprint density at radius 2 is 1.96 bits per heavy atom. The van der Waals surface area contributed by atoms with Crippen LogP contribution in [0.1, 0.15) is 60.9 Å². The molecule has 0 aliphatic carbocycles. The Labute approximate surface area is 150 Å². The molecule has 0 aliphatic heterocycles.